The zero-order chi connectivity index (χ0) is 71.8. The standard InChI is InChI=1S/C79H144O17P2/c1-5-9-13-17-21-25-29-33-34-35-36-37-38-42-46-50-54-58-62-66-79(84)96-75(70-90-77(82)64-60-56-52-48-44-40-31-27-23-19-15-11-7-3)72-94-98(87,88)92-68-73(80)67-91-97(85,86)93-71-74(95-78(83)65-61-57-53-49-45-41-32-28-24-20-16-12-8-4)69-89-76(81)63-59-55-51-47-43-39-30-26-22-18-14-10-6-2/h21,25,33-34,36-37,42,46,54,58,73-75,80H,5-20,22-24,26-32,35,38-41,43-45,47-53,55-57,59-72H2,1-4H3,(H,85,86)(H,87,88)/b25-21-,34-33-,37-36-,46-42-,58-54-/t73-,74+,75+/m0/s1. The van der Waals surface area contributed by atoms with Crippen molar-refractivity contribution < 1.29 is 80.2 Å². The van der Waals surface area contributed by atoms with Crippen LogP contribution in [0.2, 0.25) is 0 Å². The third-order valence-electron chi connectivity index (χ3n) is 17.0. The second-order valence-electron chi connectivity index (χ2n) is 26.7. The number of esters is 4. The number of allylic oxidation sites excluding steroid dienone is 10. The summed E-state index contributed by atoms with van der Waals surface area (Å²) in [6.07, 6.45) is 70.7. The monoisotopic (exact) mass is 1430 g/mol. The van der Waals surface area contributed by atoms with Gasteiger partial charge in [-0.05, 0) is 64.2 Å². The SMILES string of the molecule is CCCCC/C=C\C/C=C\C/C=C\C/C=C\C/C=C\CCC(=O)O[C@H](COC(=O)CCCCCCCCCCCCCCC)COP(=O)(O)OC[C@@H](O)COP(=O)(O)OC[C@@H](COC(=O)CCCCCCCCCCCCCCC)OC(=O)CCCCCCCCCCCCCCC. The van der Waals surface area contributed by atoms with E-state index in [1.165, 1.54) is 186 Å². The van der Waals surface area contributed by atoms with Gasteiger partial charge >= 0.3 is 39.5 Å². The molecule has 2 unspecified atom stereocenters. The minimum absolute atomic E-state index is 0.0230. The molecule has 0 radical (unpaired) electrons. The van der Waals surface area contributed by atoms with E-state index in [-0.39, 0.29) is 25.7 Å². The van der Waals surface area contributed by atoms with E-state index in [4.69, 9.17) is 37.0 Å². The molecule has 0 heterocycles. The van der Waals surface area contributed by atoms with E-state index in [1.807, 2.05) is 18.2 Å². The van der Waals surface area contributed by atoms with Crippen molar-refractivity contribution in [3.05, 3.63) is 60.8 Å². The van der Waals surface area contributed by atoms with Crippen molar-refractivity contribution >= 4 is 39.5 Å². The number of phosphoric acid groups is 2. The van der Waals surface area contributed by atoms with Crippen molar-refractivity contribution in [2.24, 2.45) is 0 Å². The lowest BCUT2D eigenvalue weighted by Crippen LogP contribution is -2.30. The molecule has 0 fully saturated rings. The quantitative estimate of drug-likeness (QED) is 0.0169. The number of aliphatic hydroxyl groups excluding tert-OH is 1. The number of hydrogen-bond acceptors (Lipinski definition) is 15. The highest BCUT2D eigenvalue weighted by Gasteiger charge is 2.30. The van der Waals surface area contributed by atoms with Crippen molar-refractivity contribution in [1.82, 2.24) is 0 Å². The van der Waals surface area contributed by atoms with Crippen LogP contribution in [0.4, 0.5) is 0 Å². The van der Waals surface area contributed by atoms with Gasteiger partial charge in [-0.1, -0.05) is 332 Å². The van der Waals surface area contributed by atoms with E-state index >= 15 is 0 Å². The molecule has 0 aromatic rings. The van der Waals surface area contributed by atoms with Crippen LogP contribution in [0.1, 0.15) is 362 Å². The summed E-state index contributed by atoms with van der Waals surface area (Å²) in [5.41, 5.74) is 0. The Morgan fingerprint density at radius 1 is 0.286 bits per heavy atom. The number of unbranched alkanes of at least 4 members (excludes halogenated alkanes) is 39. The Morgan fingerprint density at radius 2 is 0.520 bits per heavy atom. The number of rotatable bonds is 75. The maximum atomic E-state index is 13.1. The van der Waals surface area contributed by atoms with Gasteiger partial charge in [0.1, 0.15) is 19.3 Å². The Kier molecular flexibility index (Phi) is 69.7. The zero-order valence-corrected chi connectivity index (χ0v) is 64.3. The van der Waals surface area contributed by atoms with Gasteiger partial charge in [-0.3, -0.25) is 37.3 Å². The van der Waals surface area contributed by atoms with Gasteiger partial charge in [-0.15, -0.1) is 0 Å². The van der Waals surface area contributed by atoms with Crippen molar-refractivity contribution in [2.45, 2.75) is 380 Å². The van der Waals surface area contributed by atoms with Gasteiger partial charge < -0.3 is 33.8 Å². The van der Waals surface area contributed by atoms with Gasteiger partial charge in [0.15, 0.2) is 12.2 Å². The summed E-state index contributed by atoms with van der Waals surface area (Å²) in [4.78, 5) is 72.8. The van der Waals surface area contributed by atoms with Crippen LogP contribution in [0.3, 0.4) is 0 Å². The topological polar surface area (TPSA) is 237 Å². The average molecular weight is 1430 g/mol. The van der Waals surface area contributed by atoms with E-state index in [0.717, 1.165) is 89.9 Å². The average Bonchev–Trinajstić information content (AvgIpc) is 0.982. The molecule has 0 aliphatic rings. The molecule has 5 atom stereocenters. The summed E-state index contributed by atoms with van der Waals surface area (Å²) in [7, 11) is -9.95. The molecule has 98 heavy (non-hydrogen) atoms. The molecule has 19 heteroatoms. The molecule has 0 rings (SSSR count). The fourth-order valence-electron chi connectivity index (χ4n) is 11.0. The largest absolute Gasteiger partial charge is 0.472 e. The highest BCUT2D eigenvalue weighted by Crippen LogP contribution is 2.45. The zero-order valence-electron chi connectivity index (χ0n) is 62.5. The number of ether oxygens (including phenoxy) is 4. The van der Waals surface area contributed by atoms with E-state index in [2.05, 4.69) is 70.2 Å². The van der Waals surface area contributed by atoms with Gasteiger partial charge in [0.2, 0.25) is 0 Å². The van der Waals surface area contributed by atoms with Crippen LogP contribution in [0.25, 0.3) is 0 Å². The highest BCUT2D eigenvalue weighted by molar-refractivity contribution is 7.47. The molecule has 0 aromatic carbocycles. The predicted molar refractivity (Wildman–Crippen MR) is 400 cm³/mol. The number of aliphatic hydroxyl groups is 1. The minimum Gasteiger partial charge on any atom is -0.462 e. The summed E-state index contributed by atoms with van der Waals surface area (Å²) >= 11 is 0. The number of carbonyl (C=O) groups excluding carboxylic acids is 4. The van der Waals surface area contributed by atoms with Crippen LogP contribution in [-0.4, -0.2) is 96.7 Å². The lowest BCUT2D eigenvalue weighted by atomic mass is 10.0. The second-order valence-corrected chi connectivity index (χ2v) is 29.6. The van der Waals surface area contributed by atoms with Crippen LogP contribution < -0.4 is 0 Å². The Balaban J connectivity index is 5.37. The van der Waals surface area contributed by atoms with Crippen LogP contribution in [0.15, 0.2) is 60.8 Å². The predicted octanol–water partition coefficient (Wildman–Crippen LogP) is 22.7. The fraction of sp³-hybridized carbons (Fsp3) is 0.823. The third kappa shape index (κ3) is 71.2. The summed E-state index contributed by atoms with van der Waals surface area (Å²) in [5, 5.41) is 10.6. The van der Waals surface area contributed by atoms with Crippen molar-refractivity contribution in [1.29, 1.82) is 0 Å². The lowest BCUT2D eigenvalue weighted by molar-refractivity contribution is -0.161. The molecule has 0 aromatic heterocycles. The molecular weight excluding hydrogens is 1280 g/mol. The second kappa shape index (κ2) is 72.1. The van der Waals surface area contributed by atoms with E-state index < -0.39 is 97.5 Å². The summed E-state index contributed by atoms with van der Waals surface area (Å²) < 4.78 is 68.4. The van der Waals surface area contributed by atoms with Gasteiger partial charge in [0, 0.05) is 25.7 Å². The van der Waals surface area contributed by atoms with E-state index in [9.17, 15) is 43.2 Å². The van der Waals surface area contributed by atoms with Crippen molar-refractivity contribution in [2.75, 3.05) is 39.6 Å². The molecule has 0 aliphatic heterocycles. The molecule has 0 aliphatic carbocycles. The van der Waals surface area contributed by atoms with E-state index in [0.29, 0.717) is 32.1 Å². The normalized spacial score (nSPS) is 14.2. The minimum atomic E-state index is -4.98. The van der Waals surface area contributed by atoms with Gasteiger partial charge in [-0.2, -0.15) is 0 Å². The molecule has 3 N–H and O–H groups in total. The number of hydrogen-bond donors (Lipinski definition) is 3. The first-order valence-electron chi connectivity index (χ1n) is 39.5. The maximum absolute atomic E-state index is 13.1. The van der Waals surface area contributed by atoms with Crippen molar-refractivity contribution in [3.8, 4) is 0 Å². The molecule has 17 nitrogen and oxygen atoms in total. The maximum Gasteiger partial charge on any atom is 0.472 e. The molecule has 0 saturated carbocycles. The van der Waals surface area contributed by atoms with E-state index in [1.54, 1.807) is 0 Å². The number of phosphoric ester groups is 2. The van der Waals surface area contributed by atoms with Crippen LogP contribution in [-0.2, 0) is 65.4 Å². The molecule has 0 saturated heterocycles. The molecule has 0 amide bonds. The first-order valence-corrected chi connectivity index (χ1v) is 42.5. The smallest absolute Gasteiger partial charge is 0.462 e. The molecule has 0 spiro atoms. The Hall–Kier alpha value is -3.24. The fourth-order valence-corrected chi connectivity index (χ4v) is 12.5. The first-order chi connectivity index (χ1) is 47.7. The van der Waals surface area contributed by atoms with Crippen LogP contribution in [0.5, 0.6) is 0 Å². The summed E-state index contributed by atoms with van der Waals surface area (Å²) in [6, 6.07) is 0. The Labute approximate surface area is 597 Å². The van der Waals surface area contributed by atoms with Crippen molar-refractivity contribution in [3.63, 3.8) is 0 Å². The third-order valence-corrected chi connectivity index (χ3v) is 18.9. The Morgan fingerprint density at radius 3 is 0.827 bits per heavy atom. The molecule has 0 bridgehead atoms. The molecule has 572 valence electrons. The lowest BCUT2D eigenvalue weighted by Gasteiger charge is -2.21. The molecular formula is C79H144O17P2. The highest BCUT2D eigenvalue weighted by atomic mass is 31.2. The number of carbonyl (C=O) groups is 4. The Bertz CT molecular complexity index is 2100. The van der Waals surface area contributed by atoms with Gasteiger partial charge in [0.25, 0.3) is 0 Å². The first kappa shape index (κ1) is 94.8. The van der Waals surface area contributed by atoms with Gasteiger partial charge in [0.05, 0.1) is 26.4 Å². The summed E-state index contributed by atoms with van der Waals surface area (Å²) in [6.45, 7) is 4.83. The van der Waals surface area contributed by atoms with Gasteiger partial charge in [-0.25, -0.2) is 9.13 Å². The van der Waals surface area contributed by atoms with Crippen LogP contribution >= 0.6 is 15.6 Å². The van der Waals surface area contributed by atoms with Crippen LogP contribution in [0, 0.1) is 0 Å². The summed E-state index contributed by atoms with van der Waals surface area (Å²) in [5.74, 6) is -2.23.